The van der Waals surface area contributed by atoms with E-state index in [9.17, 15) is 4.79 Å². The molecule has 0 saturated carbocycles. The van der Waals surface area contributed by atoms with Gasteiger partial charge in [0, 0.05) is 0 Å². The van der Waals surface area contributed by atoms with E-state index in [4.69, 9.17) is 10.4 Å². The summed E-state index contributed by atoms with van der Waals surface area (Å²) < 4.78 is 0. The molecule has 0 saturated heterocycles. The second-order valence-electron chi connectivity index (χ2n) is 3.02. The molecule has 0 aliphatic heterocycles. The fourth-order valence-electron chi connectivity index (χ4n) is 1.37. The van der Waals surface area contributed by atoms with Crippen LogP contribution >= 0.6 is 0 Å². The van der Waals surface area contributed by atoms with Gasteiger partial charge in [-0.3, -0.25) is 4.79 Å². The lowest BCUT2D eigenvalue weighted by molar-refractivity contribution is -0.136. The lowest BCUT2D eigenvalue weighted by Gasteiger charge is -2.05. The minimum absolute atomic E-state index is 0.0152. The quantitative estimate of drug-likeness (QED) is 0.787. The molecule has 0 aromatic heterocycles. The van der Waals surface area contributed by atoms with Crippen molar-refractivity contribution < 1.29 is 9.90 Å². The number of nitriles is 1. The third kappa shape index (κ3) is 2.33. The average molecular weight is 189 g/mol. The summed E-state index contributed by atoms with van der Waals surface area (Å²) in [6.07, 6.45) is 0.771. The molecule has 0 amide bonds. The van der Waals surface area contributed by atoms with Crippen molar-refractivity contribution in [3.63, 3.8) is 0 Å². The van der Waals surface area contributed by atoms with Gasteiger partial charge in [0.2, 0.25) is 0 Å². The largest absolute Gasteiger partial charge is 0.481 e. The topological polar surface area (TPSA) is 61.1 Å². The first-order valence-electron chi connectivity index (χ1n) is 4.41. The molecule has 0 aliphatic carbocycles. The Hall–Kier alpha value is -1.82. The molecule has 3 heteroatoms. The van der Waals surface area contributed by atoms with Crippen LogP contribution in [0, 0.1) is 11.3 Å². The molecule has 1 aromatic rings. The molecular formula is C11H11NO2. The van der Waals surface area contributed by atoms with Crippen LogP contribution in [-0.2, 0) is 17.6 Å². The predicted molar refractivity (Wildman–Crippen MR) is 51.9 cm³/mol. The van der Waals surface area contributed by atoms with E-state index < -0.39 is 5.97 Å². The lowest BCUT2D eigenvalue weighted by atomic mass is 10.00. The zero-order valence-electron chi connectivity index (χ0n) is 7.95. The lowest BCUT2D eigenvalue weighted by Crippen LogP contribution is -2.03. The molecular weight excluding hydrogens is 178 g/mol. The van der Waals surface area contributed by atoms with Gasteiger partial charge in [0.05, 0.1) is 18.1 Å². The highest BCUT2D eigenvalue weighted by atomic mass is 16.4. The predicted octanol–water partition coefficient (Wildman–Crippen LogP) is 1.75. The second kappa shape index (κ2) is 4.43. The van der Waals surface area contributed by atoms with Gasteiger partial charge in [-0.1, -0.05) is 13.0 Å². The summed E-state index contributed by atoms with van der Waals surface area (Å²) in [5.41, 5.74) is 2.24. The Labute approximate surface area is 82.6 Å². The van der Waals surface area contributed by atoms with Gasteiger partial charge in [-0.25, -0.2) is 0 Å². The van der Waals surface area contributed by atoms with Crippen molar-refractivity contribution in [1.29, 1.82) is 5.26 Å². The van der Waals surface area contributed by atoms with Crippen molar-refractivity contribution in [2.75, 3.05) is 0 Å². The molecule has 0 spiro atoms. The Morgan fingerprint density at radius 1 is 1.50 bits per heavy atom. The smallest absolute Gasteiger partial charge is 0.307 e. The standard InChI is InChI=1S/C11H11NO2/c1-2-9-4-3-8(7-12)5-10(9)6-11(13)14/h3-5H,2,6H2,1H3,(H,13,14). The van der Waals surface area contributed by atoms with Crippen LogP contribution in [0.3, 0.4) is 0 Å². The zero-order chi connectivity index (χ0) is 10.6. The fraction of sp³-hybridized carbons (Fsp3) is 0.273. The van der Waals surface area contributed by atoms with Gasteiger partial charge < -0.3 is 5.11 Å². The Morgan fingerprint density at radius 3 is 2.71 bits per heavy atom. The van der Waals surface area contributed by atoms with E-state index in [1.807, 2.05) is 19.1 Å². The molecule has 3 nitrogen and oxygen atoms in total. The van der Waals surface area contributed by atoms with Crippen LogP contribution in [0.1, 0.15) is 23.6 Å². The average Bonchev–Trinajstić information content (AvgIpc) is 2.16. The monoisotopic (exact) mass is 189 g/mol. The Balaban J connectivity index is 3.09. The normalized spacial score (nSPS) is 9.43. The van der Waals surface area contributed by atoms with Crippen LogP contribution in [-0.4, -0.2) is 11.1 Å². The van der Waals surface area contributed by atoms with Crippen molar-refractivity contribution in [1.82, 2.24) is 0 Å². The number of aliphatic carboxylic acids is 1. The van der Waals surface area contributed by atoms with Crippen molar-refractivity contribution in [3.05, 3.63) is 34.9 Å². The molecule has 0 radical (unpaired) electrons. The van der Waals surface area contributed by atoms with Gasteiger partial charge in [-0.15, -0.1) is 0 Å². The second-order valence-corrected chi connectivity index (χ2v) is 3.02. The molecule has 1 aromatic carbocycles. The summed E-state index contributed by atoms with van der Waals surface area (Å²) in [5, 5.41) is 17.3. The number of aryl methyl sites for hydroxylation is 1. The van der Waals surface area contributed by atoms with E-state index in [0.29, 0.717) is 5.56 Å². The molecule has 14 heavy (non-hydrogen) atoms. The van der Waals surface area contributed by atoms with Gasteiger partial charge in [-0.05, 0) is 29.7 Å². The van der Waals surface area contributed by atoms with Crippen LogP contribution in [0.15, 0.2) is 18.2 Å². The molecule has 0 unspecified atom stereocenters. The van der Waals surface area contributed by atoms with E-state index >= 15 is 0 Å². The molecule has 72 valence electrons. The molecule has 0 aliphatic rings. The number of hydrogen-bond acceptors (Lipinski definition) is 2. The Morgan fingerprint density at radius 2 is 2.21 bits per heavy atom. The molecule has 0 heterocycles. The van der Waals surface area contributed by atoms with E-state index in [0.717, 1.165) is 17.5 Å². The maximum atomic E-state index is 10.6. The van der Waals surface area contributed by atoms with Gasteiger partial charge in [0.25, 0.3) is 0 Å². The number of nitrogens with zero attached hydrogens (tertiary/aromatic N) is 1. The Kier molecular flexibility index (Phi) is 3.24. The van der Waals surface area contributed by atoms with E-state index in [1.54, 1.807) is 12.1 Å². The van der Waals surface area contributed by atoms with Crippen LogP contribution in [0.5, 0.6) is 0 Å². The zero-order valence-corrected chi connectivity index (χ0v) is 7.95. The van der Waals surface area contributed by atoms with Crippen LogP contribution in [0.2, 0.25) is 0 Å². The maximum absolute atomic E-state index is 10.6. The third-order valence-electron chi connectivity index (χ3n) is 2.06. The third-order valence-corrected chi connectivity index (χ3v) is 2.06. The van der Waals surface area contributed by atoms with Crippen molar-refractivity contribution >= 4 is 5.97 Å². The maximum Gasteiger partial charge on any atom is 0.307 e. The number of carbonyl (C=O) groups is 1. The number of carboxylic acid groups (broad SMARTS) is 1. The minimum Gasteiger partial charge on any atom is -0.481 e. The first kappa shape index (κ1) is 10.3. The highest BCUT2D eigenvalue weighted by molar-refractivity contribution is 5.71. The van der Waals surface area contributed by atoms with Crippen molar-refractivity contribution in [2.45, 2.75) is 19.8 Å². The fourth-order valence-corrected chi connectivity index (χ4v) is 1.37. The number of rotatable bonds is 3. The molecule has 0 atom stereocenters. The van der Waals surface area contributed by atoms with E-state index in [2.05, 4.69) is 0 Å². The van der Waals surface area contributed by atoms with Crippen LogP contribution < -0.4 is 0 Å². The highest BCUT2D eigenvalue weighted by Gasteiger charge is 2.06. The van der Waals surface area contributed by atoms with Gasteiger partial charge in [-0.2, -0.15) is 5.26 Å². The summed E-state index contributed by atoms with van der Waals surface area (Å²) in [4.78, 5) is 10.6. The van der Waals surface area contributed by atoms with Crippen LogP contribution in [0.4, 0.5) is 0 Å². The van der Waals surface area contributed by atoms with Gasteiger partial charge >= 0.3 is 5.97 Å². The first-order valence-corrected chi connectivity index (χ1v) is 4.41. The van der Waals surface area contributed by atoms with E-state index in [1.165, 1.54) is 0 Å². The molecule has 1 N–H and O–H groups in total. The molecule has 0 bridgehead atoms. The molecule has 0 fully saturated rings. The minimum atomic E-state index is -0.866. The van der Waals surface area contributed by atoms with Gasteiger partial charge in [0.1, 0.15) is 0 Å². The summed E-state index contributed by atoms with van der Waals surface area (Å²) >= 11 is 0. The van der Waals surface area contributed by atoms with Crippen molar-refractivity contribution in [2.24, 2.45) is 0 Å². The number of carboxylic acids is 1. The summed E-state index contributed by atoms with van der Waals surface area (Å²) in [6.45, 7) is 1.97. The summed E-state index contributed by atoms with van der Waals surface area (Å²) in [5.74, 6) is -0.866. The number of benzene rings is 1. The van der Waals surface area contributed by atoms with Gasteiger partial charge in [0.15, 0.2) is 0 Å². The highest BCUT2D eigenvalue weighted by Crippen LogP contribution is 2.13. The van der Waals surface area contributed by atoms with Crippen molar-refractivity contribution in [3.8, 4) is 6.07 Å². The molecule has 1 rings (SSSR count). The van der Waals surface area contributed by atoms with Crippen LogP contribution in [0.25, 0.3) is 0 Å². The summed E-state index contributed by atoms with van der Waals surface area (Å²) in [6, 6.07) is 7.17. The SMILES string of the molecule is CCc1ccc(C#N)cc1CC(=O)O. The van der Waals surface area contributed by atoms with E-state index in [-0.39, 0.29) is 6.42 Å². The first-order chi connectivity index (χ1) is 6.67. The number of hydrogen-bond donors (Lipinski definition) is 1. The Bertz CT molecular complexity index is 391. The summed E-state index contributed by atoms with van der Waals surface area (Å²) in [7, 11) is 0.